The van der Waals surface area contributed by atoms with Crippen LogP contribution in [0.25, 0.3) is 0 Å². The first-order valence-electron chi connectivity index (χ1n) is 11.7. The van der Waals surface area contributed by atoms with Gasteiger partial charge in [0.1, 0.15) is 0 Å². The van der Waals surface area contributed by atoms with Crippen LogP contribution in [0.15, 0.2) is 36.4 Å². The van der Waals surface area contributed by atoms with Gasteiger partial charge in [-0.05, 0) is 74.7 Å². The molecule has 2 aromatic carbocycles. The fourth-order valence-corrected chi connectivity index (χ4v) is 4.47. The molecule has 0 amide bonds. The molecule has 0 aromatic heterocycles. The second kappa shape index (κ2) is 13.4. The van der Waals surface area contributed by atoms with Crippen LogP contribution in [0.4, 0.5) is 0 Å². The van der Waals surface area contributed by atoms with Crippen molar-refractivity contribution in [2.45, 2.75) is 44.3 Å². The third kappa shape index (κ3) is 6.56. The van der Waals surface area contributed by atoms with Gasteiger partial charge in [-0.2, -0.15) is 0 Å². The molecular weight excluding hydrogens is 434 g/mol. The molecule has 0 saturated heterocycles. The summed E-state index contributed by atoms with van der Waals surface area (Å²) in [6.07, 6.45) is 2.39. The summed E-state index contributed by atoms with van der Waals surface area (Å²) in [6, 6.07) is 11.9. The van der Waals surface area contributed by atoms with Gasteiger partial charge in [0.05, 0.1) is 28.4 Å². The maximum Gasteiger partial charge on any atom is 0.163 e. The van der Waals surface area contributed by atoms with E-state index < -0.39 is 11.7 Å². The normalized spacial score (nSPS) is 13.9. The van der Waals surface area contributed by atoms with E-state index in [0.29, 0.717) is 11.5 Å². The second-order valence-electron chi connectivity index (χ2n) is 8.51. The summed E-state index contributed by atoms with van der Waals surface area (Å²) in [4.78, 5) is 2.31. The molecule has 0 radical (unpaired) electrons. The van der Waals surface area contributed by atoms with Gasteiger partial charge in [-0.1, -0.05) is 19.1 Å². The van der Waals surface area contributed by atoms with Gasteiger partial charge < -0.3 is 33.7 Å². The molecule has 2 rings (SSSR count). The Morgan fingerprint density at radius 1 is 0.824 bits per heavy atom. The molecule has 0 spiro atoms. The predicted octanol–water partition coefficient (Wildman–Crippen LogP) is 4.29. The number of ether oxygens (including phenoxy) is 5. The average molecular weight is 476 g/mol. The van der Waals surface area contributed by atoms with Crippen molar-refractivity contribution in [1.29, 1.82) is 0 Å². The molecule has 0 heterocycles. The number of aliphatic hydroxyl groups is 1. The Balaban J connectivity index is 2.05. The number of methoxy groups -OCH3 is 5. The minimum atomic E-state index is -0.923. The lowest BCUT2D eigenvalue weighted by Crippen LogP contribution is -2.41. The maximum absolute atomic E-state index is 10.9. The van der Waals surface area contributed by atoms with Crippen LogP contribution in [0.2, 0.25) is 0 Å². The first kappa shape index (κ1) is 27.8. The Kier molecular flexibility index (Phi) is 11.0. The number of benzene rings is 2. The van der Waals surface area contributed by atoms with Gasteiger partial charge in [-0.25, -0.2) is 0 Å². The molecule has 190 valence electrons. The van der Waals surface area contributed by atoms with Gasteiger partial charge in [0, 0.05) is 19.1 Å². The summed E-state index contributed by atoms with van der Waals surface area (Å²) < 4.78 is 27.1. The first-order valence-corrected chi connectivity index (χ1v) is 11.7. The SMILES string of the molecule is CCC(CCCN(C)CCc1ccc(OC)c(OC)c1)(c1ccc(OC)c(OC)c1)[C@@H](O)OC. The van der Waals surface area contributed by atoms with Gasteiger partial charge in [0.15, 0.2) is 29.3 Å². The third-order valence-electron chi connectivity index (χ3n) is 6.68. The predicted molar refractivity (Wildman–Crippen MR) is 135 cm³/mol. The molecule has 0 aliphatic heterocycles. The van der Waals surface area contributed by atoms with Crippen molar-refractivity contribution in [3.05, 3.63) is 47.5 Å². The van der Waals surface area contributed by atoms with Crippen LogP contribution in [-0.4, -0.2) is 72.0 Å². The topological polar surface area (TPSA) is 69.6 Å². The summed E-state index contributed by atoms with van der Waals surface area (Å²) in [6.45, 7) is 3.90. The van der Waals surface area contributed by atoms with Crippen LogP contribution >= 0.6 is 0 Å². The number of rotatable bonds is 15. The van der Waals surface area contributed by atoms with Crippen molar-refractivity contribution in [1.82, 2.24) is 4.90 Å². The molecular formula is C27H41NO6. The molecule has 2 atom stereocenters. The van der Waals surface area contributed by atoms with Crippen LogP contribution in [0.5, 0.6) is 23.0 Å². The second-order valence-corrected chi connectivity index (χ2v) is 8.51. The fourth-order valence-electron chi connectivity index (χ4n) is 4.47. The Morgan fingerprint density at radius 3 is 1.97 bits per heavy atom. The van der Waals surface area contributed by atoms with Gasteiger partial charge in [-0.15, -0.1) is 0 Å². The summed E-state index contributed by atoms with van der Waals surface area (Å²) >= 11 is 0. The highest BCUT2D eigenvalue weighted by Crippen LogP contribution is 2.41. The van der Waals surface area contributed by atoms with E-state index in [4.69, 9.17) is 23.7 Å². The lowest BCUT2D eigenvalue weighted by Gasteiger charge is -2.38. The summed E-state index contributed by atoms with van der Waals surface area (Å²) in [5, 5.41) is 10.9. The summed E-state index contributed by atoms with van der Waals surface area (Å²) in [5.74, 6) is 2.80. The highest BCUT2D eigenvalue weighted by atomic mass is 16.6. The van der Waals surface area contributed by atoms with Crippen LogP contribution in [-0.2, 0) is 16.6 Å². The van der Waals surface area contributed by atoms with Gasteiger partial charge in [0.2, 0.25) is 0 Å². The van der Waals surface area contributed by atoms with Crippen molar-refractivity contribution >= 4 is 0 Å². The Bertz CT molecular complexity index is 889. The molecule has 2 aromatic rings. The first-order chi connectivity index (χ1) is 16.4. The van der Waals surface area contributed by atoms with Crippen molar-refractivity contribution in [2.75, 3.05) is 55.7 Å². The Labute approximate surface area is 204 Å². The average Bonchev–Trinajstić information content (AvgIpc) is 2.88. The van der Waals surface area contributed by atoms with Crippen LogP contribution in [0.3, 0.4) is 0 Å². The van der Waals surface area contributed by atoms with E-state index in [-0.39, 0.29) is 0 Å². The lowest BCUT2D eigenvalue weighted by atomic mass is 9.73. The quantitative estimate of drug-likeness (QED) is 0.386. The molecule has 0 fully saturated rings. The lowest BCUT2D eigenvalue weighted by molar-refractivity contribution is -0.131. The Morgan fingerprint density at radius 2 is 1.41 bits per heavy atom. The zero-order valence-electron chi connectivity index (χ0n) is 21.7. The maximum atomic E-state index is 10.9. The van der Waals surface area contributed by atoms with E-state index in [9.17, 15) is 5.11 Å². The van der Waals surface area contributed by atoms with E-state index in [2.05, 4.69) is 24.9 Å². The van der Waals surface area contributed by atoms with Crippen molar-refractivity contribution in [3.63, 3.8) is 0 Å². The standard InChI is InChI=1S/C27H41NO6/c1-8-27(26(29)34-7,21-11-13-23(31-4)25(19-21)33-6)15-9-16-28(2)17-14-20-10-12-22(30-3)24(18-20)32-5/h10-13,18-19,26,29H,8-9,14-17H2,1-7H3/t26-,27?/m0/s1. The highest BCUT2D eigenvalue weighted by molar-refractivity contribution is 5.45. The molecule has 34 heavy (non-hydrogen) atoms. The van der Waals surface area contributed by atoms with Crippen LogP contribution in [0, 0.1) is 0 Å². The number of hydrogen-bond donors (Lipinski definition) is 1. The molecule has 7 heteroatoms. The monoisotopic (exact) mass is 475 g/mol. The molecule has 0 aliphatic rings. The zero-order chi connectivity index (χ0) is 25.1. The number of aliphatic hydroxyl groups excluding tert-OH is 1. The number of likely N-dealkylation sites (N-methyl/N-ethyl adjacent to an activating group) is 1. The van der Waals surface area contributed by atoms with Crippen molar-refractivity contribution in [2.24, 2.45) is 0 Å². The molecule has 7 nitrogen and oxygen atoms in total. The van der Waals surface area contributed by atoms with E-state index in [1.54, 1.807) is 35.5 Å². The largest absolute Gasteiger partial charge is 0.493 e. The summed E-state index contributed by atoms with van der Waals surface area (Å²) in [7, 11) is 10.2. The molecule has 0 saturated carbocycles. The zero-order valence-corrected chi connectivity index (χ0v) is 21.7. The smallest absolute Gasteiger partial charge is 0.163 e. The van der Waals surface area contributed by atoms with E-state index in [1.165, 1.54) is 5.56 Å². The van der Waals surface area contributed by atoms with E-state index in [0.717, 1.165) is 55.8 Å². The highest BCUT2D eigenvalue weighted by Gasteiger charge is 2.38. The number of hydrogen-bond acceptors (Lipinski definition) is 7. The Hall–Kier alpha value is -2.48. The minimum Gasteiger partial charge on any atom is -0.493 e. The molecule has 0 aliphatic carbocycles. The van der Waals surface area contributed by atoms with Crippen LogP contribution in [0.1, 0.15) is 37.3 Å². The molecule has 1 unspecified atom stereocenters. The molecule has 1 N–H and O–H groups in total. The summed E-state index contributed by atoms with van der Waals surface area (Å²) in [5.41, 5.74) is 1.64. The number of nitrogens with zero attached hydrogens (tertiary/aromatic N) is 1. The van der Waals surface area contributed by atoms with E-state index in [1.807, 2.05) is 30.3 Å². The van der Waals surface area contributed by atoms with Gasteiger partial charge >= 0.3 is 0 Å². The minimum absolute atomic E-state index is 0.543. The fraction of sp³-hybridized carbons (Fsp3) is 0.556. The van der Waals surface area contributed by atoms with Gasteiger partial charge in [0.25, 0.3) is 0 Å². The van der Waals surface area contributed by atoms with Crippen LogP contribution < -0.4 is 18.9 Å². The van der Waals surface area contributed by atoms with Gasteiger partial charge in [-0.3, -0.25) is 0 Å². The third-order valence-corrected chi connectivity index (χ3v) is 6.68. The van der Waals surface area contributed by atoms with E-state index >= 15 is 0 Å². The van der Waals surface area contributed by atoms with Crippen molar-refractivity contribution in [3.8, 4) is 23.0 Å². The van der Waals surface area contributed by atoms with Crippen molar-refractivity contribution < 1.29 is 28.8 Å². The molecule has 0 bridgehead atoms.